The van der Waals surface area contributed by atoms with E-state index in [-0.39, 0.29) is 18.2 Å². The van der Waals surface area contributed by atoms with Crippen LogP contribution < -0.4 is 5.32 Å². The Kier molecular flexibility index (Phi) is 4.54. The van der Waals surface area contributed by atoms with Gasteiger partial charge in [0.15, 0.2) is 5.65 Å². The fourth-order valence-electron chi connectivity index (χ4n) is 2.18. The van der Waals surface area contributed by atoms with E-state index in [1.165, 1.54) is 28.9 Å². The predicted molar refractivity (Wildman–Crippen MR) is 85.6 cm³/mol. The average molecular weight is 387 g/mol. The molecule has 0 aliphatic heterocycles. The SMILES string of the molecule is O=S(=O)(O)CCc1nccc2nc(Nc3ccc(C(F)(F)F)cc3)nn12. The van der Waals surface area contributed by atoms with Gasteiger partial charge in [-0.15, -0.1) is 5.10 Å². The average Bonchev–Trinajstić information content (AvgIpc) is 2.94. The van der Waals surface area contributed by atoms with Crippen molar-refractivity contribution >= 4 is 27.4 Å². The first-order valence-electron chi connectivity index (χ1n) is 7.22. The van der Waals surface area contributed by atoms with E-state index < -0.39 is 27.6 Å². The minimum Gasteiger partial charge on any atom is -0.323 e. The Morgan fingerprint density at radius 3 is 2.46 bits per heavy atom. The molecule has 0 aliphatic rings. The molecule has 0 atom stereocenters. The molecule has 0 amide bonds. The number of benzene rings is 1. The molecule has 3 rings (SSSR count). The summed E-state index contributed by atoms with van der Waals surface area (Å²) in [6, 6.07) is 5.87. The van der Waals surface area contributed by atoms with E-state index in [0.717, 1.165) is 12.1 Å². The predicted octanol–water partition coefficient (Wildman–Crippen LogP) is 2.32. The third kappa shape index (κ3) is 4.26. The number of aromatic nitrogens is 4. The summed E-state index contributed by atoms with van der Waals surface area (Å²) in [6.45, 7) is 0. The number of nitrogens with one attached hydrogen (secondary N) is 1. The molecular weight excluding hydrogens is 375 g/mol. The summed E-state index contributed by atoms with van der Waals surface area (Å²) >= 11 is 0. The maximum Gasteiger partial charge on any atom is 0.416 e. The molecule has 0 bridgehead atoms. The molecule has 0 unspecified atom stereocenters. The van der Waals surface area contributed by atoms with Gasteiger partial charge in [0, 0.05) is 24.4 Å². The van der Waals surface area contributed by atoms with E-state index in [0.29, 0.717) is 11.3 Å². The lowest BCUT2D eigenvalue weighted by Gasteiger charge is -2.07. The van der Waals surface area contributed by atoms with Crippen LogP contribution in [0.1, 0.15) is 11.4 Å². The molecule has 2 heterocycles. The number of hydrogen-bond donors (Lipinski definition) is 2. The Morgan fingerprint density at radius 2 is 1.85 bits per heavy atom. The minimum atomic E-state index is -4.42. The van der Waals surface area contributed by atoms with Crippen LogP contribution in [0, 0.1) is 0 Å². The molecule has 0 radical (unpaired) electrons. The van der Waals surface area contributed by atoms with Crippen LogP contribution in [0.3, 0.4) is 0 Å². The number of nitrogens with zero attached hydrogens (tertiary/aromatic N) is 4. The zero-order valence-corrected chi connectivity index (χ0v) is 13.8. The van der Waals surface area contributed by atoms with Gasteiger partial charge in [0.25, 0.3) is 10.1 Å². The Balaban J connectivity index is 1.83. The second-order valence-electron chi connectivity index (χ2n) is 5.30. The topological polar surface area (TPSA) is 109 Å². The Bertz CT molecular complexity index is 1030. The van der Waals surface area contributed by atoms with Crippen LogP contribution >= 0.6 is 0 Å². The highest BCUT2D eigenvalue weighted by Gasteiger charge is 2.29. The van der Waals surface area contributed by atoms with Crippen molar-refractivity contribution in [2.75, 3.05) is 11.1 Å². The number of aryl methyl sites for hydroxylation is 1. The van der Waals surface area contributed by atoms with Gasteiger partial charge in [-0.2, -0.15) is 31.1 Å². The fraction of sp³-hybridized carbons (Fsp3) is 0.214. The first-order chi connectivity index (χ1) is 12.1. The van der Waals surface area contributed by atoms with Gasteiger partial charge < -0.3 is 5.32 Å². The summed E-state index contributed by atoms with van der Waals surface area (Å²) in [4.78, 5) is 8.15. The molecule has 1 aromatic carbocycles. The zero-order valence-electron chi connectivity index (χ0n) is 13.0. The monoisotopic (exact) mass is 387 g/mol. The first-order valence-corrected chi connectivity index (χ1v) is 8.83. The third-order valence-electron chi connectivity index (χ3n) is 3.38. The van der Waals surface area contributed by atoms with Crippen molar-refractivity contribution < 1.29 is 26.1 Å². The van der Waals surface area contributed by atoms with E-state index >= 15 is 0 Å². The highest BCUT2D eigenvalue weighted by molar-refractivity contribution is 7.85. The molecule has 0 saturated heterocycles. The van der Waals surface area contributed by atoms with E-state index in [2.05, 4.69) is 20.4 Å². The molecule has 2 N–H and O–H groups in total. The lowest BCUT2D eigenvalue weighted by molar-refractivity contribution is -0.137. The number of anilines is 2. The number of alkyl halides is 3. The van der Waals surface area contributed by atoms with E-state index in [4.69, 9.17) is 4.55 Å². The van der Waals surface area contributed by atoms with Crippen molar-refractivity contribution in [3.8, 4) is 0 Å². The molecule has 0 aliphatic carbocycles. The number of fused-ring (bicyclic) bond motifs is 1. The smallest absolute Gasteiger partial charge is 0.323 e. The summed E-state index contributed by atoms with van der Waals surface area (Å²) in [7, 11) is -4.16. The van der Waals surface area contributed by atoms with Crippen LogP contribution in [-0.4, -0.2) is 38.3 Å². The molecular formula is C14H12F3N5O3S. The van der Waals surface area contributed by atoms with Crippen molar-refractivity contribution in [3.63, 3.8) is 0 Å². The maximum absolute atomic E-state index is 12.6. The summed E-state index contributed by atoms with van der Waals surface area (Å²) in [5.41, 5.74) is -0.0659. The van der Waals surface area contributed by atoms with Crippen molar-refractivity contribution in [2.24, 2.45) is 0 Å². The zero-order chi connectivity index (χ0) is 18.9. The van der Waals surface area contributed by atoms with Gasteiger partial charge in [-0.05, 0) is 24.3 Å². The van der Waals surface area contributed by atoms with Crippen LogP contribution in [0.4, 0.5) is 24.8 Å². The number of hydrogen-bond acceptors (Lipinski definition) is 6. The van der Waals surface area contributed by atoms with E-state index in [9.17, 15) is 21.6 Å². The van der Waals surface area contributed by atoms with Crippen LogP contribution in [0.2, 0.25) is 0 Å². The maximum atomic E-state index is 12.6. The van der Waals surface area contributed by atoms with Crippen molar-refractivity contribution in [2.45, 2.75) is 12.6 Å². The standard InChI is InChI=1S/C14H12F3N5O3S/c15-14(16,17)9-1-3-10(4-2-9)19-13-20-12-5-7-18-11(22(12)21-13)6-8-26(23,24)25/h1-5,7H,6,8H2,(H,19,21)(H,23,24,25). The fourth-order valence-corrected chi connectivity index (χ4v) is 2.62. The summed E-state index contributed by atoms with van der Waals surface area (Å²) in [6.07, 6.45) is -3.10. The first kappa shape index (κ1) is 18.1. The van der Waals surface area contributed by atoms with Crippen molar-refractivity contribution in [1.82, 2.24) is 19.6 Å². The van der Waals surface area contributed by atoms with Gasteiger partial charge in [0.1, 0.15) is 5.82 Å². The summed E-state index contributed by atoms with van der Waals surface area (Å²) < 4.78 is 69.6. The second-order valence-corrected chi connectivity index (χ2v) is 6.87. The molecule has 0 saturated carbocycles. The molecule has 26 heavy (non-hydrogen) atoms. The van der Waals surface area contributed by atoms with Crippen LogP contribution in [0.25, 0.3) is 5.65 Å². The van der Waals surface area contributed by atoms with Gasteiger partial charge in [-0.3, -0.25) is 4.55 Å². The minimum absolute atomic E-state index is 0.0841. The Morgan fingerprint density at radius 1 is 1.15 bits per heavy atom. The second kappa shape index (κ2) is 6.53. The van der Waals surface area contributed by atoms with Crippen molar-refractivity contribution in [3.05, 3.63) is 47.9 Å². The Hall–Kier alpha value is -2.73. The molecule has 8 nitrogen and oxygen atoms in total. The molecule has 12 heteroatoms. The molecule has 2 aromatic heterocycles. The molecule has 138 valence electrons. The summed E-state index contributed by atoms with van der Waals surface area (Å²) in [5, 5.41) is 6.88. The highest BCUT2D eigenvalue weighted by atomic mass is 32.2. The van der Waals surface area contributed by atoms with Crippen LogP contribution in [-0.2, 0) is 22.7 Å². The summed E-state index contributed by atoms with van der Waals surface area (Å²) in [5.74, 6) is -0.167. The van der Waals surface area contributed by atoms with Crippen LogP contribution in [0.15, 0.2) is 36.5 Å². The quantitative estimate of drug-likeness (QED) is 0.647. The van der Waals surface area contributed by atoms with Gasteiger partial charge in [-0.25, -0.2) is 4.98 Å². The van der Waals surface area contributed by atoms with Crippen molar-refractivity contribution in [1.29, 1.82) is 0 Å². The van der Waals surface area contributed by atoms with E-state index in [1.54, 1.807) is 0 Å². The van der Waals surface area contributed by atoms with Crippen LogP contribution in [0.5, 0.6) is 0 Å². The van der Waals surface area contributed by atoms with E-state index in [1.807, 2.05) is 0 Å². The third-order valence-corrected chi connectivity index (χ3v) is 4.10. The number of halogens is 3. The lowest BCUT2D eigenvalue weighted by atomic mass is 10.2. The molecule has 0 spiro atoms. The normalized spacial score (nSPS) is 12.5. The van der Waals surface area contributed by atoms with Gasteiger partial charge in [-0.1, -0.05) is 0 Å². The molecule has 0 fully saturated rings. The highest BCUT2D eigenvalue weighted by Crippen LogP contribution is 2.30. The molecule has 3 aromatic rings. The van der Waals surface area contributed by atoms with Gasteiger partial charge >= 0.3 is 6.18 Å². The lowest BCUT2D eigenvalue weighted by Crippen LogP contribution is -2.11. The van der Waals surface area contributed by atoms with Gasteiger partial charge in [0.05, 0.1) is 11.3 Å². The number of rotatable bonds is 5. The van der Waals surface area contributed by atoms with Gasteiger partial charge in [0.2, 0.25) is 5.95 Å². The largest absolute Gasteiger partial charge is 0.416 e. The Labute approximate surface area is 145 Å².